The maximum absolute atomic E-state index is 11.8. The Morgan fingerprint density at radius 2 is 2.06 bits per heavy atom. The Labute approximate surface area is 94.2 Å². The number of aromatic amines is 1. The summed E-state index contributed by atoms with van der Waals surface area (Å²) in [6.07, 6.45) is 6.87. The second-order valence-corrected chi connectivity index (χ2v) is 4.23. The second-order valence-electron chi connectivity index (χ2n) is 4.23. The van der Waals surface area contributed by atoms with Crippen LogP contribution in [0.3, 0.4) is 0 Å². The van der Waals surface area contributed by atoms with Crippen molar-refractivity contribution in [1.29, 1.82) is 0 Å². The molecular weight excluding hydrogens is 206 g/mol. The van der Waals surface area contributed by atoms with E-state index < -0.39 is 0 Å². The van der Waals surface area contributed by atoms with Gasteiger partial charge in [0.2, 0.25) is 5.91 Å². The molecule has 0 aliphatic heterocycles. The van der Waals surface area contributed by atoms with Gasteiger partial charge in [-0.1, -0.05) is 30.9 Å². The largest absolute Gasteiger partial charge is 0.348 e. The SMILES string of the molecule is O=C(NCc1nn[nH]n1)C1CCCCCC1. The zero-order chi connectivity index (χ0) is 11.2. The molecular formula is C10H17N5O. The van der Waals surface area contributed by atoms with Gasteiger partial charge in [-0.2, -0.15) is 5.21 Å². The second kappa shape index (κ2) is 5.58. The Morgan fingerprint density at radius 1 is 1.31 bits per heavy atom. The van der Waals surface area contributed by atoms with Gasteiger partial charge in [0.25, 0.3) is 0 Å². The van der Waals surface area contributed by atoms with E-state index in [0.29, 0.717) is 12.4 Å². The highest BCUT2D eigenvalue weighted by atomic mass is 16.1. The number of hydrogen-bond acceptors (Lipinski definition) is 4. The highest BCUT2D eigenvalue weighted by molar-refractivity contribution is 5.78. The van der Waals surface area contributed by atoms with Crippen LogP contribution in [0.2, 0.25) is 0 Å². The molecule has 1 aliphatic rings. The first-order chi connectivity index (χ1) is 7.86. The molecule has 1 amide bonds. The number of hydrogen-bond donors (Lipinski definition) is 2. The number of nitrogens with one attached hydrogen (secondary N) is 2. The normalized spacial score (nSPS) is 18.0. The summed E-state index contributed by atoms with van der Waals surface area (Å²) in [5.74, 6) is 0.836. The van der Waals surface area contributed by atoms with Crippen LogP contribution in [0.5, 0.6) is 0 Å². The van der Waals surface area contributed by atoms with Crippen molar-refractivity contribution in [3.05, 3.63) is 5.82 Å². The molecule has 16 heavy (non-hydrogen) atoms. The predicted molar refractivity (Wildman–Crippen MR) is 57.2 cm³/mol. The minimum absolute atomic E-state index is 0.131. The smallest absolute Gasteiger partial charge is 0.223 e. The van der Waals surface area contributed by atoms with Crippen LogP contribution in [0.4, 0.5) is 0 Å². The van der Waals surface area contributed by atoms with Crippen molar-refractivity contribution in [2.45, 2.75) is 45.1 Å². The van der Waals surface area contributed by atoms with E-state index in [1.165, 1.54) is 25.7 Å². The van der Waals surface area contributed by atoms with Crippen LogP contribution < -0.4 is 5.32 Å². The van der Waals surface area contributed by atoms with Crippen LogP contribution in [-0.4, -0.2) is 26.5 Å². The fraction of sp³-hybridized carbons (Fsp3) is 0.800. The van der Waals surface area contributed by atoms with Crippen LogP contribution in [0.15, 0.2) is 0 Å². The third-order valence-corrected chi connectivity index (χ3v) is 3.04. The molecule has 1 saturated carbocycles. The zero-order valence-corrected chi connectivity index (χ0v) is 9.28. The highest BCUT2D eigenvalue weighted by Gasteiger charge is 2.19. The highest BCUT2D eigenvalue weighted by Crippen LogP contribution is 2.22. The molecule has 1 aromatic heterocycles. The Morgan fingerprint density at radius 3 is 2.69 bits per heavy atom. The fourth-order valence-electron chi connectivity index (χ4n) is 2.11. The minimum Gasteiger partial charge on any atom is -0.348 e. The van der Waals surface area contributed by atoms with E-state index in [9.17, 15) is 4.79 Å². The van der Waals surface area contributed by atoms with Crippen molar-refractivity contribution in [3.63, 3.8) is 0 Å². The monoisotopic (exact) mass is 223 g/mol. The van der Waals surface area contributed by atoms with Gasteiger partial charge in [0.1, 0.15) is 0 Å². The van der Waals surface area contributed by atoms with Crippen molar-refractivity contribution >= 4 is 5.91 Å². The zero-order valence-electron chi connectivity index (χ0n) is 9.28. The van der Waals surface area contributed by atoms with Crippen molar-refractivity contribution in [3.8, 4) is 0 Å². The lowest BCUT2D eigenvalue weighted by atomic mass is 9.99. The molecule has 0 aromatic carbocycles. The van der Waals surface area contributed by atoms with E-state index in [1.54, 1.807) is 0 Å². The summed E-state index contributed by atoms with van der Waals surface area (Å²) in [5, 5.41) is 16.2. The first-order valence-corrected chi connectivity index (χ1v) is 5.86. The van der Waals surface area contributed by atoms with Crippen molar-refractivity contribution in [2.75, 3.05) is 0 Å². The molecule has 1 aromatic rings. The number of tetrazole rings is 1. The Bertz CT molecular complexity index is 316. The predicted octanol–water partition coefficient (Wildman–Crippen LogP) is 0.786. The summed E-state index contributed by atoms with van der Waals surface area (Å²) < 4.78 is 0. The Kier molecular flexibility index (Phi) is 3.85. The number of carbonyl (C=O) groups is 1. The molecule has 0 atom stereocenters. The maximum atomic E-state index is 11.8. The molecule has 2 rings (SSSR count). The molecule has 2 N–H and O–H groups in total. The number of amides is 1. The molecule has 0 radical (unpaired) electrons. The van der Waals surface area contributed by atoms with Gasteiger partial charge in [-0.05, 0) is 12.8 Å². The molecule has 0 spiro atoms. The van der Waals surface area contributed by atoms with Gasteiger partial charge in [0, 0.05) is 5.92 Å². The van der Waals surface area contributed by atoms with E-state index in [4.69, 9.17) is 0 Å². The summed E-state index contributed by atoms with van der Waals surface area (Å²) in [4.78, 5) is 11.8. The van der Waals surface area contributed by atoms with E-state index in [2.05, 4.69) is 25.9 Å². The van der Waals surface area contributed by atoms with E-state index in [1.807, 2.05) is 0 Å². The van der Waals surface area contributed by atoms with Crippen molar-refractivity contribution < 1.29 is 4.79 Å². The number of carbonyl (C=O) groups excluding carboxylic acids is 1. The minimum atomic E-state index is 0.131. The van der Waals surface area contributed by atoms with E-state index >= 15 is 0 Å². The number of rotatable bonds is 3. The molecule has 1 aliphatic carbocycles. The topological polar surface area (TPSA) is 83.6 Å². The Balaban J connectivity index is 1.78. The van der Waals surface area contributed by atoms with Crippen LogP contribution in [-0.2, 0) is 11.3 Å². The van der Waals surface area contributed by atoms with Crippen LogP contribution >= 0.6 is 0 Å². The first-order valence-electron chi connectivity index (χ1n) is 5.86. The number of aromatic nitrogens is 4. The molecule has 0 saturated heterocycles. The summed E-state index contributed by atoms with van der Waals surface area (Å²) in [6.45, 7) is 0.367. The lowest BCUT2D eigenvalue weighted by molar-refractivity contribution is -0.125. The van der Waals surface area contributed by atoms with E-state index in [-0.39, 0.29) is 11.8 Å². The standard InChI is InChI=1S/C10H17N5O/c16-10(8-5-3-1-2-4-6-8)11-7-9-12-14-15-13-9/h8H,1-7H2,(H,11,16)(H,12,13,14,15). The van der Waals surface area contributed by atoms with Gasteiger partial charge in [0.05, 0.1) is 6.54 Å². The molecule has 88 valence electrons. The molecule has 6 heteroatoms. The van der Waals surface area contributed by atoms with Crippen LogP contribution in [0.1, 0.15) is 44.3 Å². The van der Waals surface area contributed by atoms with Gasteiger partial charge in [-0.3, -0.25) is 4.79 Å². The van der Waals surface area contributed by atoms with Crippen LogP contribution in [0.25, 0.3) is 0 Å². The van der Waals surface area contributed by atoms with Gasteiger partial charge in [-0.15, -0.1) is 10.2 Å². The third kappa shape index (κ3) is 3.01. The maximum Gasteiger partial charge on any atom is 0.223 e. The number of H-pyrrole nitrogens is 1. The molecule has 0 bridgehead atoms. The average molecular weight is 223 g/mol. The van der Waals surface area contributed by atoms with E-state index in [0.717, 1.165) is 12.8 Å². The molecule has 6 nitrogen and oxygen atoms in total. The summed E-state index contributed by atoms with van der Waals surface area (Å²) in [6, 6.07) is 0. The molecule has 1 fully saturated rings. The summed E-state index contributed by atoms with van der Waals surface area (Å²) >= 11 is 0. The summed E-state index contributed by atoms with van der Waals surface area (Å²) in [5.41, 5.74) is 0. The lowest BCUT2D eigenvalue weighted by Crippen LogP contribution is -2.30. The van der Waals surface area contributed by atoms with Crippen LogP contribution in [0, 0.1) is 5.92 Å². The van der Waals surface area contributed by atoms with Crippen molar-refractivity contribution in [2.24, 2.45) is 5.92 Å². The molecule has 1 heterocycles. The number of nitrogens with zero attached hydrogens (tertiary/aromatic N) is 3. The van der Waals surface area contributed by atoms with Gasteiger partial charge in [-0.25, -0.2) is 0 Å². The average Bonchev–Trinajstić information content (AvgIpc) is 2.66. The first kappa shape index (κ1) is 11.0. The lowest BCUT2D eigenvalue weighted by Gasteiger charge is -2.12. The van der Waals surface area contributed by atoms with Crippen molar-refractivity contribution in [1.82, 2.24) is 25.9 Å². The third-order valence-electron chi connectivity index (χ3n) is 3.04. The van der Waals surface area contributed by atoms with Gasteiger partial charge in [0.15, 0.2) is 5.82 Å². The van der Waals surface area contributed by atoms with Gasteiger partial charge >= 0.3 is 0 Å². The Hall–Kier alpha value is -1.46. The van der Waals surface area contributed by atoms with Gasteiger partial charge < -0.3 is 5.32 Å². The summed E-state index contributed by atoms with van der Waals surface area (Å²) in [7, 11) is 0. The molecule has 0 unspecified atom stereocenters. The fourth-order valence-corrected chi connectivity index (χ4v) is 2.11. The quantitative estimate of drug-likeness (QED) is 0.742.